The molecule has 0 saturated carbocycles. The fourth-order valence-electron chi connectivity index (χ4n) is 5.01. The van der Waals surface area contributed by atoms with Gasteiger partial charge in [-0.15, -0.1) is 0 Å². The highest BCUT2D eigenvalue weighted by atomic mass is 16.5. The zero-order valence-corrected chi connectivity index (χ0v) is 17.6. The van der Waals surface area contributed by atoms with Crippen LogP contribution < -0.4 is 0 Å². The van der Waals surface area contributed by atoms with E-state index in [4.69, 9.17) is 4.74 Å². The van der Waals surface area contributed by atoms with Gasteiger partial charge in [-0.05, 0) is 50.7 Å². The van der Waals surface area contributed by atoms with Crippen LogP contribution >= 0.6 is 0 Å². The Bertz CT molecular complexity index is 612. The molecule has 150 valence electrons. The molecule has 0 aromatic heterocycles. The highest BCUT2D eigenvalue weighted by Gasteiger charge is 2.38. The third kappa shape index (κ3) is 5.01. The van der Waals surface area contributed by atoms with Crippen LogP contribution in [0.25, 0.3) is 6.08 Å². The second kappa shape index (κ2) is 8.89. The predicted octanol–water partition coefficient (Wildman–Crippen LogP) is 5.13. The first kappa shape index (κ1) is 20.6. The van der Waals surface area contributed by atoms with Crippen LogP contribution in [0.1, 0.15) is 77.3 Å². The summed E-state index contributed by atoms with van der Waals surface area (Å²) in [5, 5.41) is 11.1. The smallest absolute Gasteiger partial charge is 0.0945 e. The molecule has 2 aliphatic heterocycles. The molecule has 1 aromatic carbocycles. The van der Waals surface area contributed by atoms with E-state index in [1.807, 2.05) is 13.8 Å². The first-order chi connectivity index (χ1) is 12.9. The number of hydrogen-bond donors (Lipinski definition) is 1. The Balaban J connectivity index is 1.64. The van der Waals surface area contributed by atoms with Crippen LogP contribution in [0.3, 0.4) is 0 Å². The van der Waals surface area contributed by atoms with Gasteiger partial charge in [-0.2, -0.15) is 0 Å². The van der Waals surface area contributed by atoms with Crippen LogP contribution in [0.5, 0.6) is 0 Å². The van der Waals surface area contributed by atoms with Gasteiger partial charge in [-0.1, -0.05) is 49.8 Å². The summed E-state index contributed by atoms with van der Waals surface area (Å²) in [5.41, 5.74) is 3.07. The number of nitrogens with zero attached hydrogens (tertiary/aromatic N) is 1. The van der Waals surface area contributed by atoms with Gasteiger partial charge in [0.25, 0.3) is 0 Å². The first-order valence-corrected chi connectivity index (χ1v) is 10.9. The topological polar surface area (TPSA) is 32.7 Å². The number of aliphatic hydroxyl groups is 1. The third-order valence-electron chi connectivity index (χ3n) is 6.43. The van der Waals surface area contributed by atoms with Crippen molar-refractivity contribution in [1.29, 1.82) is 0 Å². The number of piperidine rings is 1. The molecular weight excluding hydrogens is 334 g/mol. The van der Waals surface area contributed by atoms with E-state index in [1.165, 1.54) is 44.3 Å². The largest absolute Gasteiger partial charge is 0.385 e. The number of hydrogen-bond acceptors (Lipinski definition) is 3. The van der Waals surface area contributed by atoms with Gasteiger partial charge in [0.05, 0.1) is 17.8 Å². The Hall–Kier alpha value is -1.16. The number of ether oxygens (including phenoxy) is 1. The van der Waals surface area contributed by atoms with E-state index in [0.29, 0.717) is 12.8 Å². The zero-order valence-electron chi connectivity index (χ0n) is 17.6. The summed E-state index contributed by atoms with van der Waals surface area (Å²) in [6, 6.07) is 9.29. The van der Waals surface area contributed by atoms with E-state index in [1.54, 1.807) is 5.57 Å². The van der Waals surface area contributed by atoms with Crippen molar-refractivity contribution in [1.82, 2.24) is 4.90 Å². The Morgan fingerprint density at radius 3 is 2.15 bits per heavy atom. The van der Waals surface area contributed by atoms with Crippen LogP contribution in [-0.4, -0.2) is 41.3 Å². The van der Waals surface area contributed by atoms with E-state index in [0.717, 1.165) is 11.6 Å². The maximum Gasteiger partial charge on any atom is 0.0945 e. The minimum absolute atomic E-state index is 0.0980. The molecule has 3 heteroatoms. The standard InChI is InChI=1S/C24H37NO2/c1-5-23(6-2)25-13-11-21(12-14-25)15-20-7-9-22(10-8-20)24(26)16-18(3)27-19(4)17-24/h7-10,15,18-19,23,26H,5-6,11-14,16-17H2,1-4H3. The minimum atomic E-state index is -0.761. The van der Waals surface area contributed by atoms with Crippen LogP contribution in [0, 0.1) is 0 Å². The van der Waals surface area contributed by atoms with E-state index < -0.39 is 5.60 Å². The molecule has 2 aliphatic rings. The van der Waals surface area contributed by atoms with Crippen LogP contribution in [0.2, 0.25) is 0 Å². The second-order valence-electron chi connectivity index (χ2n) is 8.63. The van der Waals surface area contributed by atoms with Crippen LogP contribution in [0.15, 0.2) is 29.8 Å². The fourth-order valence-corrected chi connectivity index (χ4v) is 5.01. The number of benzene rings is 1. The molecule has 1 N–H and O–H groups in total. The summed E-state index contributed by atoms with van der Waals surface area (Å²) in [6.45, 7) is 11.1. The Labute approximate surface area is 165 Å². The summed E-state index contributed by atoms with van der Waals surface area (Å²) >= 11 is 0. The molecule has 2 unspecified atom stereocenters. The third-order valence-corrected chi connectivity index (χ3v) is 6.43. The van der Waals surface area contributed by atoms with Crippen molar-refractivity contribution in [3.05, 3.63) is 41.0 Å². The highest BCUT2D eigenvalue weighted by Crippen LogP contribution is 2.37. The lowest BCUT2D eigenvalue weighted by atomic mass is 9.81. The molecule has 0 bridgehead atoms. The Morgan fingerprint density at radius 1 is 1.07 bits per heavy atom. The summed E-state index contributed by atoms with van der Waals surface area (Å²) in [5.74, 6) is 0. The van der Waals surface area contributed by atoms with Crippen molar-refractivity contribution in [3.63, 3.8) is 0 Å². The molecule has 3 nitrogen and oxygen atoms in total. The van der Waals surface area contributed by atoms with Gasteiger partial charge in [0.2, 0.25) is 0 Å². The van der Waals surface area contributed by atoms with Gasteiger partial charge < -0.3 is 9.84 Å². The summed E-state index contributed by atoms with van der Waals surface area (Å²) in [6.07, 6.45) is 8.75. The van der Waals surface area contributed by atoms with E-state index in [2.05, 4.69) is 49.1 Å². The van der Waals surface area contributed by atoms with Gasteiger partial charge in [-0.25, -0.2) is 0 Å². The van der Waals surface area contributed by atoms with Gasteiger partial charge in [-0.3, -0.25) is 4.90 Å². The summed E-state index contributed by atoms with van der Waals surface area (Å²) < 4.78 is 5.80. The Morgan fingerprint density at radius 2 is 1.63 bits per heavy atom. The number of rotatable bonds is 5. The molecule has 2 atom stereocenters. The van der Waals surface area contributed by atoms with Crippen LogP contribution in [-0.2, 0) is 10.3 Å². The molecule has 0 aliphatic carbocycles. The van der Waals surface area contributed by atoms with Crippen molar-refractivity contribution in [2.24, 2.45) is 0 Å². The normalized spacial score (nSPS) is 29.9. The van der Waals surface area contributed by atoms with Crippen molar-refractivity contribution in [2.45, 2.75) is 90.1 Å². The maximum absolute atomic E-state index is 11.1. The molecule has 2 saturated heterocycles. The average molecular weight is 372 g/mol. The van der Waals surface area contributed by atoms with Gasteiger partial charge in [0.15, 0.2) is 0 Å². The van der Waals surface area contributed by atoms with E-state index in [-0.39, 0.29) is 12.2 Å². The molecule has 2 fully saturated rings. The summed E-state index contributed by atoms with van der Waals surface area (Å²) in [4.78, 5) is 2.66. The van der Waals surface area contributed by atoms with Crippen molar-refractivity contribution >= 4 is 6.08 Å². The summed E-state index contributed by atoms with van der Waals surface area (Å²) in [7, 11) is 0. The van der Waals surface area contributed by atoms with Crippen molar-refractivity contribution < 1.29 is 9.84 Å². The van der Waals surface area contributed by atoms with E-state index >= 15 is 0 Å². The van der Waals surface area contributed by atoms with Crippen LogP contribution in [0.4, 0.5) is 0 Å². The molecule has 0 amide bonds. The molecule has 3 rings (SSSR count). The van der Waals surface area contributed by atoms with Crippen molar-refractivity contribution in [3.8, 4) is 0 Å². The van der Waals surface area contributed by atoms with Crippen molar-refractivity contribution in [2.75, 3.05) is 13.1 Å². The fraction of sp³-hybridized carbons (Fsp3) is 0.667. The average Bonchev–Trinajstić information content (AvgIpc) is 2.63. The Kier molecular flexibility index (Phi) is 6.78. The molecular formula is C24H37NO2. The SMILES string of the molecule is CCC(CC)N1CCC(=Cc2ccc(C3(O)CC(C)OC(C)C3)cc2)CC1. The highest BCUT2D eigenvalue weighted by molar-refractivity contribution is 5.54. The quantitative estimate of drug-likeness (QED) is 0.779. The lowest BCUT2D eigenvalue weighted by molar-refractivity contribution is -0.135. The second-order valence-corrected chi connectivity index (χ2v) is 8.63. The molecule has 1 aromatic rings. The van der Waals surface area contributed by atoms with Gasteiger partial charge in [0, 0.05) is 32.0 Å². The maximum atomic E-state index is 11.1. The minimum Gasteiger partial charge on any atom is -0.385 e. The van der Waals surface area contributed by atoms with Gasteiger partial charge in [0.1, 0.15) is 0 Å². The lowest BCUT2D eigenvalue weighted by Crippen LogP contribution is -2.41. The van der Waals surface area contributed by atoms with Gasteiger partial charge >= 0.3 is 0 Å². The monoisotopic (exact) mass is 371 g/mol. The predicted molar refractivity (Wildman–Crippen MR) is 113 cm³/mol. The first-order valence-electron chi connectivity index (χ1n) is 10.9. The molecule has 27 heavy (non-hydrogen) atoms. The molecule has 0 radical (unpaired) electrons. The zero-order chi connectivity index (χ0) is 19.4. The van der Waals surface area contributed by atoms with E-state index in [9.17, 15) is 5.11 Å². The molecule has 2 heterocycles. The molecule has 0 spiro atoms. The lowest BCUT2D eigenvalue weighted by Gasteiger charge is -2.39. The number of likely N-dealkylation sites (tertiary alicyclic amines) is 1.